The van der Waals surface area contributed by atoms with E-state index in [1.54, 1.807) is 17.7 Å². The Kier molecular flexibility index (Phi) is 6.34. The van der Waals surface area contributed by atoms with E-state index in [1.807, 2.05) is 6.92 Å². The van der Waals surface area contributed by atoms with E-state index in [2.05, 4.69) is 36.1 Å². The summed E-state index contributed by atoms with van der Waals surface area (Å²) < 4.78 is 6.88. The van der Waals surface area contributed by atoms with Gasteiger partial charge in [0.15, 0.2) is 0 Å². The van der Waals surface area contributed by atoms with E-state index in [-0.39, 0.29) is 17.4 Å². The minimum absolute atomic E-state index is 0.0855. The Balaban J connectivity index is 2.13. The number of benzene rings is 1. The predicted octanol–water partition coefficient (Wildman–Crippen LogP) is 3.39. The molecule has 1 fully saturated rings. The van der Waals surface area contributed by atoms with Gasteiger partial charge in [0.2, 0.25) is 0 Å². The molecule has 2 aromatic rings. The van der Waals surface area contributed by atoms with Gasteiger partial charge >= 0.3 is 0 Å². The van der Waals surface area contributed by atoms with Crippen molar-refractivity contribution < 1.29 is 9.84 Å². The van der Waals surface area contributed by atoms with Crippen LogP contribution < -0.4 is 5.56 Å². The van der Waals surface area contributed by atoms with Crippen molar-refractivity contribution in [1.29, 1.82) is 0 Å². The van der Waals surface area contributed by atoms with Gasteiger partial charge in [-0.2, -0.15) is 0 Å². The third-order valence-corrected chi connectivity index (χ3v) is 5.46. The molecular weight excluding hydrogens is 340 g/mol. The summed E-state index contributed by atoms with van der Waals surface area (Å²) >= 11 is 0. The van der Waals surface area contributed by atoms with Crippen LogP contribution in [0, 0.1) is 13.8 Å². The smallest absolute Gasteiger partial charge is 0.259 e. The molecule has 146 valence electrons. The van der Waals surface area contributed by atoms with Crippen LogP contribution >= 0.6 is 0 Å². The van der Waals surface area contributed by atoms with Gasteiger partial charge in [-0.25, -0.2) is 0 Å². The Morgan fingerprint density at radius 3 is 2.41 bits per heavy atom. The van der Waals surface area contributed by atoms with Crippen LogP contribution in [0.2, 0.25) is 0 Å². The van der Waals surface area contributed by atoms with E-state index in [0.29, 0.717) is 18.7 Å². The molecule has 0 aliphatic carbocycles. The number of piperidine rings is 1. The molecule has 2 heterocycles. The lowest BCUT2D eigenvalue weighted by molar-refractivity contribution is 0.178. The van der Waals surface area contributed by atoms with Gasteiger partial charge in [0.05, 0.1) is 18.2 Å². The molecule has 0 radical (unpaired) electrons. The fourth-order valence-electron chi connectivity index (χ4n) is 3.97. The van der Waals surface area contributed by atoms with E-state index < -0.39 is 0 Å². The fraction of sp³-hybridized carbons (Fsp3) is 0.500. The lowest BCUT2D eigenvalue weighted by Gasteiger charge is -2.35. The van der Waals surface area contributed by atoms with E-state index >= 15 is 0 Å². The van der Waals surface area contributed by atoms with Gasteiger partial charge < -0.3 is 14.4 Å². The number of hydrogen-bond donors (Lipinski definition) is 1. The molecule has 0 spiro atoms. The first-order chi connectivity index (χ1) is 13.0. The molecule has 0 unspecified atom stereocenters. The van der Waals surface area contributed by atoms with Crippen molar-refractivity contribution >= 4 is 0 Å². The van der Waals surface area contributed by atoms with E-state index in [9.17, 15) is 9.90 Å². The van der Waals surface area contributed by atoms with E-state index in [4.69, 9.17) is 4.74 Å². The quantitative estimate of drug-likeness (QED) is 0.847. The summed E-state index contributed by atoms with van der Waals surface area (Å²) in [6.45, 7) is 6.72. The number of aryl methyl sites for hydroxylation is 2. The van der Waals surface area contributed by atoms with Gasteiger partial charge in [-0.1, -0.05) is 36.2 Å². The van der Waals surface area contributed by atoms with Gasteiger partial charge in [-0.05, 0) is 51.4 Å². The van der Waals surface area contributed by atoms with Crippen molar-refractivity contribution in [2.45, 2.75) is 45.7 Å². The molecule has 5 heteroatoms. The molecule has 0 bridgehead atoms. The third-order valence-electron chi connectivity index (χ3n) is 5.46. The topological polar surface area (TPSA) is 54.7 Å². The second-order valence-corrected chi connectivity index (χ2v) is 7.44. The molecule has 1 aromatic carbocycles. The number of aromatic hydroxyl groups is 1. The number of pyridine rings is 1. The summed E-state index contributed by atoms with van der Waals surface area (Å²) in [5.74, 6) is 0.0855. The van der Waals surface area contributed by atoms with Crippen molar-refractivity contribution in [2.75, 3.05) is 26.8 Å². The van der Waals surface area contributed by atoms with Crippen LogP contribution in [0.25, 0.3) is 0 Å². The maximum atomic E-state index is 13.4. The number of hydrogen-bond acceptors (Lipinski definition) is 4. The summed E-state index contributed by atoms with van der Waals surface area (Å²) in [6.07, 6.45) is 3.45. The highest BCUT2D eigenvalue weighted by molar-refractivity contribution is 5.41. The van der Waals surface area contributed by atoms with Crippen molar-refractivity contribution in [3.63, 3.8) is 0 Å². The van der Waals surface area contributed by atoms with Crippen molar-refractivity contribution in [3.05, 3.63) is 63.1 Å². The number of aromatic nitrogens is 1. The van der Waals surface area contributed by atoms with E-state index in [0.717, 1.165) is 37.2 Å². The number of likely N-dealkylation sites (tertiary alicyclic amines) is 1. The second-order valence-electron chi connectivity index (χ2n) is 7.44. The standard InChI is InChI=1S/C22H30N2O3/c1-16-7-9-18(10-8-16)21(23-11-5-4-6-12-23)20-19(25)15-17(2)24(22(20)26)13-14-27-3/h7-10,15,21,25H,4-6,11-14H2,1-3H3/t21-/m0/s1. The SMILES string of the molecule is COCCn1c(C)cc(O)c([C@H](c2ccc(C)cc2)N2CCCCC2)c1=O. The summed E-state index contributed by atoms with van der Waals surface area (Å²) in [7, 11) is 1.63. The van der Waals surface area contributed by atoms with Gasteiger partial charge in [-0.15, -0.1) is 0 Å². The minimum Gasteiger partial charge on any atom is -0.507 e. The lowest BCUT2D eigenvalue weighted by atomic mass is 9.94. The summed E-state index contributed by atoms with van der Waals surface area (Å²) in [5.41, 5.74) is 3.33. The van der Waals surface area contributed by atoms with Crippen LogP contribution in [0.15, 0.2) is 35.1 Å². The van der Waals surface area contributed by atoms with Crippen LogP contribution in [0.1, 0.15) is 47.7 Å². The normalized spacial score (nSPS) is 16.4. The second kappa shape index (κ2) is 8.72. The molecule has 1 saturated heterocycles. The van der Waals surface area contributed by atoms with Crippen molar-refractivity contribution in [2.24, 2.45) is 0 Å². The Hall–Kier alpha value is -2.11. The number of ether oxygens (including phenoxy) is 1. The Labute approximate surface area is 161 Å². The first-order valence-corrected chi connectivity index (χ1v) is 9.75. The summed E-state index contributed by atoms with van der Waals surface area (Å²) in [4.78, 5) is 15.7. The molecule has 1 N–H and O–H groups in total. The maximum Gasteiger partial charge on any atom is 0.259 e. The van der Waals surface area contributed by atoms with Gasteiger partial charge in [-0.3, -0.25) is 9.69 Å². The van der Waals surface area contributed by atoms with Crippen molar-refractivity contribution in [1.82, 2.24) is 9.47 Å². The average Bonchev–Trinajstić information content (AvgIpc) is 2.66. The highest BCUT2D eigenvalue weighted by Crippen LogP contribution is 2.34. The lowest BCUT2D eigenvalue weighted by Crippen LogP contribution is -2.39. The zero-order chi connectivity index (χ0) is 19.4. The summed E-state index contributed by atoms with van der Waals surface area (Å²) in [5, 5.41) is 10.8. The molecule has 27 heavy (non-hydrogen) atoms. The first-order valence-electron chi connectivity index (χ1n) is 9.75. The first kappa shape index (κ1) is 19.6. The molecule has 1 aliphatic heterocycles. The third kappa shape index (κ3) is 4.25. The zero-order valence-electron chi connectivity index (χ0n) is 16.6. The Morgan fingerprint density at radius 2 is 1.78 bits per heavy atom. The monoisotopic (exact) mass is 370 g/mol. The largest absolute Gasteiger partial charge is 0.507 e. The highest BCUT2D eigenvalue weighted by atomic mass is 16.5. The number of rotatable bonds is 6. The molecular formula is C22H30N2O3. The van der Waals surface area contributed by atoms with Crippen LogP contribution in [0.5, 0.6) is 5.75 Å². The maximum absolute atomic E-state index is 13.4. The fourth-order valence-corrected chi connectivity index (χ4v) is 3.97. The molecule has 5 nitrogen and oxygen atoms in total. The van der Waals surface area contributed by atoms with Gasteiger partial charge in [0.1, 0.15) is 5.75 Å². The van der Waals surface area contributed by atoms with Crippen LogP contribution in [0.3, 0.4) is 0 Å². The molecule has 3 rings (SSSR count). The zero-order valence-corrected chi connectivity index (χ0v) is 16.6. The highest BCUT2D eigenvalue weighted by Gasteiger charge is 2.29. The number of methoxy groups -OCH3 is 1. The van der Waals surface area contributed by atoms with Crippen molar-refractivity contribution in [3.8, 4) is 5.75 Å². The number of nitrogens with zero attached hydrogens (tertiary/aromatic N) is 2. The average molecular weight is 370 g/mol. The molecule has 0 saturated carbocycles. The molecule has 1 atom stereocenters. The molecule has 0 amide bonds. The summed E-state index contributed by atoms with van der Waals surface area (Å²) in [6, 6.07) is 9.77. The van der Waals surface area contributed by atoms with Crippen LogP contribution in [0.4, 0.5) is 0 Å². The molecule has 1 aliphatic rings. The molecule has 1 aromatic heterocycles. The van der Waals surface area contributed by atoms with Crippen LogP contribution in [-0.2, 0) is 11.3 Å². The Bertz CT molecular complexity index is 821. The Morgan fingerprint density at radius 1 is 1.11 bits per heavy atom. The minimum atomic E-state index is -0.229. The van der Waals surface area contributed by atoms with Gasteiger partial charge in [0, 0.05) is 19.3 Å². The predicted molar refractivity (Wildman–Crippen MR) is 107 cm³/mol. The van der Waals surface area contributed by atoms with Crippen LogP contribution in [-0.4, -0.2) is 41.4 Å². The van der Waals surface area contributed by atoms with E-state index in [1.165, 1.54) is 12.0 Å². The van der Waals surface area contributed by atoms with Gasteiger partial charge in [0.25, 0.3) is 5.56 Å².